The molecular formula is C20H34O3. The minimum absolute atomic E-state index is 0.0671. The molecule has 0 aromatic rings. The first kappa shape index (κ1) is 16.4. The summed E-state index contributed by atoms with van der Waals surface area (Å²) in [6.07, 6.45) is 8.56. The second kappa shape index (κ2) is 5.44. The highest BCUT2D eigenvalue weighted by Gasteiger charge is 2.60. The van der Waals surface area contributed by atoms with Crippen LogP contribution < -0.4 is 0 Å². The van der Waals surface area contributed by atoms with Gasteiger partial charge in [0.1, 0.15) is 0 Å². The van der Waals surface area contributed by atoms with Crippen molar-refractivity contribution in [3.63, 3.8) is 0 Å². The van der Waals surface area contributed by atoms with Crippen LogP contribution in [0, 0.1) is 40.4 Å². The summed E-state index contributed by atoms with van der Waals surface area (Å²) in [4.78, 5) is 0. The highest BCUT2D eigenvalue weighted by atomic mass is 16.3. The maximum atomic E-state index is 10.5. The van der Waals surface area contributed by atoms with Crippen molar-refractivity contribution in [3.05, 3.63) is 0 Å². The van der Waals surface area contributed by atoms with Crippen LogP contribution in [0.3, 0.4) is 0 Å². The van der Waals surface area contributed by atoms with Crippen LogP contribution in [0.5, 0.6) is 0 Å². The molecule has 0 heterocycles. The molecule has 0 aromatic carbocycles. The van der Waals surface area contributed by atoms with Gasteiger partial charge in [0.05, 0.1) is 12.2 Å². The summed E-state index contributed by atoms with van der Waals surface area (Å²) in [6, 6.07) is 0. The number of hydrogen-bond donors (Lipinski definition) is 3. The van der Waals surface area contributed by atoms with Crippen LogP contribution in [-0.4, -0.2) is 34.1 Å². The molecule has 9 atom stereocenters. The molecule has 0 saturated heterocycles. The quantitative estimate of drug-likeness (QED) is 0.695. The Bertz CT molecular complexity index is 466. The maximum Gasteiger partial charge on any atom is 0.0596 e. The van der Waals surface area contributed by atoms with E-state index in [1.807, 2.05) is 0 Å². The molecule has 0 bridgehead atoms. The number of aliphatic hydroxyl groups is 3. The molecule has 0 amide bonds. The molecule has 4 fully saturated rings. The monoisotopic (exact) mass is 322 g/mol. The lowest BCUT2D eigenvalue weighted by molar-refractivity contribution is -0.152. The summed E-state index contributed by atoms with van der Waals surface area (Å²) in [5.41, 5.74) is 0.430. The molecule has 132 valence electrons. The average Bonchev–Trinajstić information content (AvgIpc) is 2.83. The SMILES string of the molecule is C[C@]12C[C@H](CO)[C@H](O)C[C@@H]1CC[C@@H]1[C@@H]2CC[C@]2(C)[C@@H](O)CC[C@@H]12. The zero-order valence-corrected chi connectivity index (χ0v) is 14.7. The van der Waals surface area contributed by atoms with E-state index in [2.05, 4.69) is 13.8 Å². The summed E-state index contributed by atoms with van der Waals surface area (Å²) >= 11 is 0. The Kier molecular flexibility index (Phi) is 3.87. The van der Waals surface area contributed by atoms with Gasteiger partial charge in [0.2, 0.25) is 0 Å². The molecule has 0 aromatic heterocycles. The normalized spacial score (nSPS) is 59.1. The molecule has 0 spiro atoms. The van der Waals surface area contributed by atoms with Crippen molar-refractivity contribution in [1.29, 1.82) is 0 Å². The maximum absolute atomic E-state index is 10.5. The Labute approximate surface area is 140 Å². The van der Waals surface area contributed by atoms with Gasteiger partial charge in [-0.25, -0.2) is 0 Å². The van der Waals surface area contributed by atoms with E-state index >= 15 is 0 Å². The smallest absolute Gasteiger partial charge is 0.0596 e. The second-order valence-electron chi connectivity index (χ2n) is 9.74. The number of aliphatic hydroxyl groups excluding tert-OH is 3. The molecule has 0 radical (unpaired) electrons. The topological polar surface area (TPSA) is 60.7 Å². The number of hydrogen-bond acceptors (Lipinski definition) is 3. The van der Waals surface area contributed by atoms with Gasteiger partial charge in [-0.1, -0.05) is 13.8 Å². The van der Waals surface area contributed by atoms with Crippen LogP contribution in [0.2, 0.25) is 0 Å². The Morgan fingerprint density at radius 3 is 2.39 bits per heavy atom. The number of rotatable bonds is 1. The Hall–Kier alpha value is -0.120. The highest BCUT2D eigenvalue weighted by molar-refractivity contribution is 5.10. The molecule has 3 heteroatoms. The average molecular weight is 322 g/mol. The molecule has 4 rings (SSSR count). The van der Waals surface area contributed by atoms with Crippen LogP contribution in [-0.2, 0) is 0 Å². The Morgan fingerprint density at radius 1 is 0.913 bits per heavy atom. The molecule has 4 aliphatic carbocycles. The molecule has 0 aliphatic heterocycles. The van der Waals surface area contributed by atoms with Gasteiger partial charge in [-0.3, -0.25) is 0 Å². The molecule has 23 heavy (non-hydrogen) atoms. The van der Waals surface area contributed by atoms with Crippen molar-refractivity contribution in [1.82, 2.24) is 0 Å². The van der Waals surface area contributed by atoms with Gasteiger partial charge < -0.3 is 15.3 Å². The lowest BCUT2D eigenvalue weighted by Crippen LogP contribution is -2.56. The van der Waals surface area contributed by atoms with Crippen LogP contribution in [0.1, 0.15) is 65.2 Å². The third kappa shape index (κ3) is 2.19. The molecule has 4 saturated carbocycles. The summed E-state index contributed by atoms with van der Waals surface area (Å²) in [7, 11) is 0. The molecule has 3 nitrogen and oxygen atoms in total. The first-order chi connectivity index (χ1) is 10.9. The minimum Gasteiger partial charge on any atom is -0.396 e. The predicted octanol–water partition coefficient (Wildman–Crippen LogP) is 2.97. The molecule has 4 aliphatic rings. The van der Waals surface area contributed by atoms with Gasteiger partial charge in [0.15, 0.2) is 0 Å². The first-order valence-corrected chi connectivity index (χ1v) is 9.87. The molecule has 3 N–H and O–H groups in total. The van der Waals surface area contributed by atoms with E-state index in [-0.39, 0.29) is 35.6 Å². The fourth-order valence-electron chi connectivity index (χ4n) is 7.58. The molecule has 0 unspecified atom stereocenters. The van der Waals surface area contributed by atoms with Crippen molar-refractivity contribution >= 4 is 0 Å². The van der Waals surface area contributed by atoms with Gasteiger partial charge in [-0.05, 0) is 85.9 Å². The van der Waals surface area contributed by atoms with E-state index in [1.54, 1.807) is 0 Å². The van der Waals surface area contributed by atoms with Crippen molar-refractivity contribution in [2.24, 2.45) is 40.4 Å². The fourth-order valence-corrected chi connectivity index (χ4v) is 7.58. The third-order valence-electron chi connectivity index (χ3n) is 9.02. The van der Waals surface area contributed by atoms with E-state index < -0.39 is 0 Å². The van der Waals surface area contributed by atoms with Crippen molar-refractivity contribution in [2.75, 3.05) is 6.61 Å². The van der Waals surface area contributed by atoms with E-state index in [0.29, 0.717) is 11.8 Å². The largest absolute Gasteiger partial charge is 0.396 e. The Morgan fingerprint density at radius 2 is 1.65 bits per heavy atom. The van der Waals surface area contributed by atoms with Gasteiger partial charge in [-0.15, -0.1) is 0 Å². The fraction of sp³-hybridized carbons (Fsp3) is 1.00. The number of fused-ring (bicyclic) bond motifs is 5. The zero-order chi connectivity index (χ0) is 16.4. The molecular weight excluding hydrogens is 288 g/mol. The van der Waals surface area contributed by atoms with Gasteiger partial charge in [0.25, 0.3) is 0 Å². The van der Waals surface area contributed by atoms with Crippen molar-refractivity contribution in [2.45, 2.75) is 77.4 Å². The lowest BCUT2D eigenvalue weighted by Gasteiger charge is -2.61. The minimum atomic E-state index is -0.309. The van der Waals surface area contributed by atoms with Crippen LogP contribution in [0.4, 0.5) is 0 Å². The van der Waals surface area contributed by atoms with Gasteiger partial charge >= 0.3 is 0 Å². The summed E-state index contributed by atoms with van der Waals surface area (Å²) in [5.74, 6) is 2.86. The predicted molar refractivity (Wildman–Crippen MR) is 89.7 cm³/mol. The van der Waals surface area contributed by atoms with E-state index in [4.69, 9.17) is 0 Å². The van der Waals surface area contributed by atoms with Gasteiger partial charge in [0, 0.05) is 12.5 Å². The zero-order valence-electron chi connectivity index (χ0n) is 14.7. The van der Waals surface area contributed by atoms with Crippen LogP contribution in [0.25, 0.3) is 0 Å². The lowest BCUT2D eigenvalue weighted by atomic mass is 9.44. The highest BCUT2D eigenvalue weighted by Crippen LogP contribution is 2.66. The standard InChI is InChI=1S/C20H34O3/c1-19-8-7-16-14(15(19)5-6-18(19)23)4-3-13-9-17(22)12(11-21)10-20(13,16)2/h12-18,21-23H,3-11H2,1-2H3/t12-,13+,14+,15+,16+,17-,18+,19+,20+/m1/s1. The van der Waals surface area contributed by atoms with E-state index in [1.165, 1.54) is 25.7 Å². The third-order valence-corrected chi connectivity index (χ3v) is 9.02. The first-order valence-electron chi connectivity index (χ1n) is 9.87. The van der Waals surface area contributed by atoms with Crippen molar-refractivity contribution < 1.29 is 15.3 Å². The summed E-state index contributed by atoms with van der Waals surface area (Å²) in [5, 5.41) is 30.6. The second-order valence-corrected chi connectivity index (χ2v) is 9.74. The van der Waals surface area contributed by atoms with Crippen LogP contribution >= 0.6 is 0 Å². The summed E-state index contributed by atoms with van der Waals surface area (Å²) in [6.45, 7) is 4.92. The van der Waals surface area contributed by atoms with E-state index in [9.17, 15) is 15.3 Å². The van der Waals surface area contributed by atoms with E-state index in [0.717, 1.165) is 37.5 Å². The summed E-state index contributed by atoms with van der Waals surface area (Å²) < 4.78 is 0. The Balaban J connectivity index is 1.62. The van der Waals surface area contributed by atoms with Gasteiger partial charge in [-0.2, -0.15) is 0 Å². The van der Waals surface area contributed by atoms with Crippen molar-refractivity contribution in [3.8, 4) is 0 Å². The van der Waals surface area contributed by atoms with Crippen LogP contribution in [0.15, 0.2) is 0 Å².